The molecule has 3 heterocycles. The molecule has 0 saturated carbocycles. The molecule has 182 valence electrons. The van der Waals surface area contributed by atoms with E-state index in [0.29, 0.717) is 18.2 Å². The van der Waals surface area contributed by atoms with E-state index in [9.17, 15) is 8.42 Å². The van der Waals surface area contributed by atoms with Gasteiger partial charge in [0.2, 0.25) is 16.0 Å². The number of sulfonamides is 1. The average molecular weight is 621 g/mol. The minimum atomic E-state index is -3.55. The van der Waals surface area contributed by atoms with Crippen molar-refractivity contribution in [3.63, 3.8) is 0 Å². The van der Waals surface area contributed by atoms with E-state index in [-0.39, 0.29) is 4.90 Å². The summed E-state index contributed by atoms with van der Waals surface area (Å²) >= 11 is 4.06. The van der Waals surface area contributed by atoms with Gasteiger partial charge in [-0.25, -0.2) is 18.1 Å². The van der Waals surface area contributed by atoms with Crippen LogP contribution in [0.25, 0.3) is 21.5 Å². The Morgan fingerprint density at radius 2 is 1.80 bits per heavy atom. The Balaban J connectivity index is 1.27. The summed E-state index contributed by atoms with van der Waals surface area (Å²) in [6.07, 6.45) is 2.37. The van der Waals surface area contributed by atoms with Gasteiger partial charge >= 0.3 is 0 Å². The Hall–Kier alpha value is -2.19. The number of aromatic nitrogens is 3. The highest BCUT2D eigenvalue weighted by atomic mass is 127. The normalized spacial score (nSPS) is 14.6. The minimum absolute atomic E-state index is 0.230. The highest BCUT2D eigenvalue weighted by Gasteiger charge is 2.16. The summed E-state index contributed by atoms with van der Waals surface area (Å²) in [6.45, 7) is 5.30. The highest BCUT2D eigenvalue weighted by molar-refractivity contribution is 14.1. The number of nitrogens with zero attached hydrogens (tertiary/aromatic N) is 4. The van der Waals surface area contributed by atoms with Crippen LogP contribution in [0.3, 0.4) is 0 Å². The standard InChI is InChI=1S/C24H25IN6O2S2/c1-16-14-20-21(15-19(16)22-8-9-23(25)34-22)29-30-24(28-20)27-17-4-6-18(7-5-17)35(32,33)26-10-13-31-11-2-3-12-31/h4-9,14-15,26H,2-3,10-13H2,1H3,(H,27,28,30). The molecule has 2 N–H and O–H groups in total. The molecule has 0 spiro atoms. The molecular weight excluding hydrogens is 595 g/mol. The van der Waals surface area contributed by atoms with Crippen LogP contribution >= 0.6 is 33.9 Å². The Morgan fingerprint density at radius 3 is 2.51 bits per heavy atom. The smallest absolute Gasteiger partial charge is 0.247 e. The third-order valence-corrected chi connectivity index (χ3v) is 9.38. The molecule has 11 heteroatoms. The SMILES string of the molecule is Cc1cc2nc(Nc3ccc(S(=O)(=O)NCCN4CCCC4)cc3)nnc2cc1-c1ccc(I)s1. The van der Waals surface area contributed by atoms with Crippen molar-refractivity contribution in [1.29, 1.82) is 0 Å². The number of likely N-dealkylation sites (tertiary alicyclic amines) is 1. The van der Waals surface area contributed by atoms with E-state index in [1.165, 1.54) is 20.6 Å². The Labute approximate surface area is 222 Å². The summed E-state index contributed by atoms with van der Waals surface area (Å²) < 4.78 is 29.1. The van der Waals surface area contributed by atoms with E-state index in [1.807, 2.05) is 12.1 Å². The van der Waals surface area contributed by atoms with Crippen molar-refractivity contribution in [1.82, 2.24) is 24.8 Å². The highest BCUT2D eigenvalue weighted by Crippen LogP contribution is 2.33. The van der Waals surface area contributed by atoms with Gasteiger partial charge in [-0.2, -0.15) is 0 Å². The van der Waals surface area contributed by atoms with Gasteiger partial charge in [0, 0.05) is 23.7 Å². The Bertz CT molecular complexity index is 1450. The number of nitrogens with one attached hydrogen (secondary N) is 2. The molecule has 2 aromatic carbocycles. The average Bonchev–Trinajstić information content (AvgIpc) is 3.51. The number of benzene rings is 2. The van der Waals surface area contributed by atoms with Gasteiger partial charge < -0.3 is 10.2 Å². The Morgan fingerprint density at radius 1 is 1.03 bits per heavy atom. The van der Waals surface area contributed by atoms with Crippen LogP contribution in [-0.4, -0.2) is 54.7 Å². The topological polar surface area (TPSA) is 100 Å². The summed E-state index contributed by atoms with van der Waals surface area (Å²) in [4.78, 5) is 8.30. The van der Waals surface area contributed by atoms with E-state index in [2.05, 4.69) is 71.8 Å². The first-order valence-corrected chi connectivity index (χ1v) is 14.8. The lowest BCUT2D eigenvalue weighted by molar-refractivity contribution is 0.344. The third kappa shape index (κ3) is 5.80. The molecule has 4 aromatic rings. The first-order valence-electron chi connectivity index (χ1n) is 11.4. The van der Waals surface area contributed by atoms with Gasteiger partial charge in [-0.3, -0.25) is 0 Å². The maximum absolute atomic E-state index is 12.6. The fraction of sp³-hybridized carbons (Fsp3) is 0.292. The molecule has 2 aromatic heterocycles. The molecular formula is C24H25IN6O2S2. The van der Waals surface area contributed by atoms with Crippen LogP contribution in [0.5, 0.6) is 0 Å². The lowest BCUT2D eigenvalue weighted by Gasteiger charge is -2.15. The largest absolute Gasteiger partial charge is 0.323 e. The zero-order valence-corrected chi connectivity index (χ0v) is 23.0. The van der Waals surface area contributed by atoms with Gasteiger partial charge in [-0.15, -0.1) is 21.5 Å². The number of hydrogen-bond acceptors (Lipinski definition) is 8. The van der Waals surface area contributed by atoms with Crippen LogP contribution in [-0.2, 0) is 10.0 Å². The van der Waals surface area contributed by atoms with E-state index in [1.54, 1.807) is 35.6 Å². The minimum Gasteiger partial charge on any atom is -0.323 e. The van der Waals surface area contributed by atoms with Crippen molar-refractivity contribution < 1.29 is 8.42 Å². The third-order valence-electron chi connectivity index (χ3n) is 5.98. The molecule has 1 aliphatic rings. The molecule has 1 aliphatic heterocycles. The maximum Gasteiger partial charge on any atom is 0.247 e. The van der Waals surface area contributed by atoms with Crippen molar-refractivity contribution in [3.05, 3.63) is 57.0 Å². The molecule has 1 saturated heterocycles. The number of rotatable bonds is 8. The molecule has 0 amide bonds. The van der Waals surface area contributed by atoms with Crippen LogP contribution in [0.2, 0.25) is 0 Å². The van der Waals surface area contributed by atoms with Crippen LogP contribution in [0.1, 0.15) is 18.4 Å². The molecule has 0 atom stereocenters. The van der Waals surface area contributed by atoms with E-state index < -0.39 is 10.0 Å². The summed E-state index contributed by atoms with van der Waals surface area (Å²) in [6, 6.07) is 14.8. The Kier molecular flexibility index (Phi) is 7.30. The molecule has 1 fully saturated rings. The maximum atomic E-state index is 12.6. The van der Waals surface area contributed by atoms with Gasteiger partial charge in [-0.1, -0.05) is 0 Å². The van der Waals surface area contributed by atoms with E-state index in [0.717, 1.165) is 41.8 Å². The zero-order valence-electron chi connectivity index (χ0n) is 19.2. The lowest BCUT2D eigenvalue weighted by atomic mass is 10.1. The van der Waals surface area contributed by atoms with Crippen LogP contribution < -0.4 is 10.0 Å². The molecule has 5 rings (SSSR count). The second-order valence-electron chi connectivity index (χ2n) is 8.49. The summed E-state index contributed by atoms with van der Waals surface area (Å²) in [5, 5.41) is 11.7. The number of aryl methyl sites for hydroxylation is 1. The zero-order chi connectivity index (χ0) is 24.4. The van der Waals surface area contributed by atoms with Gasteiger partial charge in [0.05, 0.1) is 13.3 Å². The van der Waals surface area contributed by atoms with Gasteiger partial charge in [0.15, 0.2) is 0 Å². The predicted molar refractivity (Wildman–Crippen MR) is 149 cm³/mol. The molecule has 35 heavy (non-hydrogen) atoms. The lowest BCUT2D eigenvalue weighted by Crippen LogP contribution is -2.33. The summed E-state index contributed by atoms with van der Waals surface area (Å²) in [5.74, 6) is 0.356. The van der Waals surface area contributed by atoms with Crippen molar-refractivity contribution in [3.8, 4) is 10.4 Å². The number of thiophene rings is 1. The molecule has 8 nitrogen and oxygen atoms in total. The quantitative estimate of drug-likeness (QED) is 0.274. The number of anilines is 2. The van der Waals surface area contributed by atoms with Crippen LogP contribution in [0.4, 0.5) is 11.6 Å². The molecule has 0 unspecified atom stereocenters. The van der Waals surface area contributed by atoms with E-state index >= 15 is 0 Å². The second kappa shape index (κ2) is 10.4. The molecule has 0 bridgehead atoms. The van der Waals surface area contributed by atoms with Crippen molar-refractivity contribution >= 4 is 66.6 Å². The van der Waals surface area contributed by atoms with E-state index in [4.69, 9.17) is 0 Å². The summed E-state index contributed by atoms with van der Waals surface area (Å²) in [5.41, 5.74) is 4.41. The summed E-state index contributed by atoms with van der Waals surface area (Å²) in [7, 11) is -3.55. The predicted octanol–water partition coefficient (Wildman–Crippen LogP) is 4.78. The van der Waals surface area contributed by atoms with Gasteiger partial charge in [-0.05, 0) is 115 Å². The first kappa shape index (κ1) is 24.5. The number of halogens is 1. The van der Waals surface area contributed by atoms with Crippen molar-refractivity contribution in [2.24, 2.45) is 0 Å². The fourth-order valence-electron chi connectivity index (χ4n) is 4.14. The molecule has 0 radical (unpaired) electrons. The van der Waals surface area contributed by atoms with Crippen LogP contribution in [0, 0.1) is 9.81 Å². The fourth-order valence-corrected chi connectivity index (χ4v) is 6.86. The number of hydrogen-bond donors (Lipinski definition) is 2. The number of fused-ring (bicyclic) bond motifs is 1. The molecule has 0 aliphatic carbocycles. The first-order chi connectivity index (χ1) is 16.9. The van der Waals surface area contributed by atoms with Crippen LogP contribution in [0.15, 0.2) is 53.4 Å². The monoisotopic (exact) mass is 620 g/mol. The van der Waals surface area contributed by atoms with Crippen molar-refractivity contribution in [2.45, 2.75) is 24.7 Å². The van der Waals surface area contributed by atoms with Crippen molar-refractivity contribution in [2.75, 3.05) is 31.5 Å². The second-order valence-corrected chi connectivity index (χ2v) is 13.2. The van der Waals surface area contributed by atoms with Gasteiger partial charge in [0.1, 0.15) is 5.52 Å². The van der Waals surface area contributed by atoms with Gasteiger partial charge in [0.25, 0.3) is 0 Å².